The molecule has 0 unspecified atom stereocenters. The Labute approximate surface area is 117 Å². The zero-order valence-electron chi connectivity index (χ0n) is 11.6. The fourth-order valence-electron chi connectivity index (χ4n) is 2.89. The molecular weight excluding hydrogens is 252 g/mol. The first kappa shape index (κ1) is 12.9. The van der Waals surface area contributed by atoms with Crippen molar-refractivity contribution in [3.63, 3.8) is 0 Å². The van der Waals surface area contributed by atoms with Crippen molar-refractivity contribution in [3.8, 4) is 0 Å². The number of H-pyrrole nitrogens is 1. The summed E-state index contributed by atoms with van der Waals surface area (Å²) in [5, 5.41) is 0.816. The first-order chi connectivity index (χ1) is 9.66. The number of piperidine rings is 1. The second-order valence-electron chi connectivity index (χ2n) is 5.58. The summed E-state index contributed by atoms with van der Waals surface area (Å²) >= 11 is 0. The van der Waals surface area contributed by atoms with Crippen molar-refractivity contribution in [2.45, 2.75) is 19.8 Å². The van der Waals surface area contributed by atoms with Crippen LogP contribution >= 0.6 is 0 Å². The molecule has 1 aliphatic rings. The number of nitrogens with one attached hydrogen (secondary N) is 1. The highest BCUT2D eigenvalue weighted by molar-refractivity contribution is 6.44. The van der Waals surface area contributed by atoms with Crippen LogP contribution in [0.25, 0.3) is 10.9 Å². The second kappa shape index (κ2) is 5.12. The summed E-state index contributed by atoms with van der Waals surface area (Å²) in [7, 11) is 0. The van der Waals surface area contributed by atoms with Crippen LogP contribution in [-0.4, -0.2) is 34.7 Å². The van der Waals surface area contributed by atoms with Gasteiger partial charge in [-0.2, -0.15) is 0 Å². The van der Waals surface area contributed by atoms with Crippen LogP contribution in [0.1, 0.15) is 30.1 Å². The van der Waals surface area contributed by atoms with E-state index >= 15 is 0 Å². The fraction of sp³-hybridized carbons (Fsp3) is 0.375. The SMILES string of the molecule is C[C@@H]1CCCN(C(=O)C(=O)c2c[nH]c3ccccc23)C1. The van der Waals surface area contributed by atoms with Gasteiger partial charge in [0.2, 0.25) is 0 Å². The molecule has 0 bridgehead atoms. The van der Waals surface area contributed by atoms with E-state index in [4.69, 9.17) is 0 Å². The van der Waals surface area contributed by atoms with E-state index in [1.165, 1.54) is 0 Å². The molecule has 2 aromatic rings. The molecule has 1 saturated heterocycles. The third-order valence-electron chi connectivity index (χ3n) is 3.97. The lowest BCUT2D eigenvalue weighted by atomic mass is 9.99. The summed E-state index contributed by atoms with van der Waals surface area (Å²) in [6.45, 7) is 3.50. The normalized spacial score (nSPS) is 19.2. The lowest BCUT2D eigenvalue weighted by Gasteiger charge is -2.30. The Morgan fingerprint density at radius 3 is 2.90 bits per heavy atom. The zero-order chi connectivity index (χ0) is 14.1. The Bertz CT molecular complexity index is 659. The van der Waals surface area contributed by atoms with Crippen molar-refractivity contribution >= 4 is 22.6 Å². The monoisotopic (exact) mass is 270 g/mol. The van der Waals surface area contributed by atoms with Crippen LogP contribution in [0, 0.1) is 5.92 Å². The van der Waals surface area contributed by atoms with Crippen LogP contribution in [0.4, 0.5) is 0 Å². The Kier molecular flexibility index (Phi) is 3.30. The van der Waals surface area contributed by atoms with Crippen molar-refractivity contribution < 1.29 is 9.59 Å². The number of carbonyl (C=O) groups excluding carboxylic acids is 2. The minimum absolute atomic E-state index is 0.374. The van der Waals surface area contributed by atoms with Crippen LogP contribution in [0.2, 0.25) is 0 Å². The van der Waals surface area contributed by atoms with Gasteiger partial charge in [-0.05, 0) is 24.8 Å². The highest BCUT2D eigenvalue weighted by Crippen LogP contribution is 2.21. The molecule has 0 radical (unpaired) electrons. The largest absolute Gasteiger partial charge is 0.360 e. The summed E-state index contributed by atoms with van der Waals surface area (Å²) in [6.07, 6.45) is 3.75. The molecule has 1 atom stereocenters. The second-order valence-corrected chi connectivity index (χ2v) is 5.58. The highest BCUT2D eigenvalue weighted by Gasteiger charge is 2.28. The molecule has 20 heavy (non-hydrogen) atoms. The van der Waals surface area contributed by atoms with Gasteiger partial charge in [0.25, 0.3) is 11.7 Å². The number of hydrogen-bond donors (Lipinski definition) is 1. The standard InChI is InChI=1S/C16H18N2O2/c1-11-5-4-8-18(10-11)16(20)15(19)13-9-17-14-7-3-2-6-12(13)14/h2-3,6-7,9,11,17H,4-5,8,10H2,1H3/t11-/m1/s1. The number of rotatable bonds is 2. The Morgan fingerprint density at radius 1 is 1.30 bits per heavy atom. The number of likely N-dealkylation sites (tertiary alicyclic amines) is 1. The minimum Gasteiger partial charge on any atom is -0.360 e. The average Bonchev–Trinajstić information content (AvgIpc) is 2.89. The van der Waals surface area contributed by atoms with Gasteiger partial charge in [-0.15, -0.1) is 0 Å². The minimum atomic E-state index is -0.406. The molecule has 1 amide bonds. The number of benzene rings is 1. The third-order valence-corrected chi connectivity index (χ3v) is 3.97. The Balaban J connectivity index is 1.86. The van der Waals surface area contributed by atoms with Gasteiger partial charge in [-0.3, -0.25) is 9.59 Å². The average molecular weight is 270 g/mol. The van der Waals surface area contributed by atoms with Gasteiger partial charge in [0.15, 0.2) is 0 Å². The van der Waals surface area contributed by atoms with Gasteiger partial charge in [0.1, 0.15) is 0 Å². The highest BCUT2D eigenvalue weighted by atomic mass is 16.2. The van der Waals surface area contributed by atoms with Crippen molar-refractivity contribution in [3.05, 3.63) is 36.0 Å². The number of fused-ring (bicyclic) bond motifs is 1. The van der Waals surface area contributed by atoms with Gasteiger partial charge in [0, 0.05) is 30.2 Å². The number of nitrogens with zero attached hydrogens (tertiary/aromatic N) is 1. The van der Waals surface area contributed by atoms with E-state index in [1.807, 2.05) is 24.3 Å². The predicted octanol–water partition coefficient (Wildman–Crippen LogP) is 2.61. The molecule has 0 aliphatic carbocycles. The fourth-order valence-corrected chi connectivity index (χ4v) is 2.89. The first-order valence-corrected chi connectivity index (χ1v) is 7.06. The first-order valence-electron chi connectivity index (χ1n) is 7.06. The maximum Gasteiger partial charge on any atom is 0.295 e. The molecule has 1 aromatic heterocycles. The lowest BCUT2D eigenvalue weighted by Crippen LogP contribution is -2.42. The molecule has 3 rings (SSSR count). The summed E-state index contributed by atoms with van der Waals surface area (Å²) in [4.78, 5) is 29.5. The van der Waals surface area contributed by atoms with E-state index in [0.29, 0.717) is 24.6 Å². The van der Waals surface area contributed by atoms with E-state index in [1.54, 1.807) is 11.1 Å². The Hall–Kier alpha value is -2.10. The number of carbonyl (C=O) groups is 2. The number of para-hydroxylation sites is 1. The number of aromatic amines is 1. The molecule has 1 aromatic carbocycles. The van der Waals surface area contributed by atoms with E-state index < -0.39 is 5.78 Å². The van der Waals surface area contributed by atoms with Gasteiger partial charge < -0.3 is 9.88 Å². The molecule has 1 N–H and O–H groups in total. The van der Waals surface area contributed by atoms with Crippen LogP contribution in [0.15, 0.2) is 30.5 Å². The summed E-state index contributed by atoms with van der Waals surface area (Å²) in [5.41, 5.74) is 1.36. The molecular formula is C16H18N2O2. The van der Waals surface area contributed by atoms with Crippen LogP contribution in [0.5, 0.6) is 0 Å². The molecule has 1 fully saturated rings. The van der Waals surface area contributed by atoms with Crippen LogP contribution in [0.3, 0.4) is 0 Å². The topological polar surface area (TPSA) is 53.2 Å². The lowest BCUT2D eigenvalue weighted by molar-refractivity contribution is -0.128. The van der Waals surface area contributed by atoms with Crippen molar-refractivity contribution in [2.75, 3.05) is 13.1 Å². The molecule has 2 heterocycles. The molecule has 104 valence electrons. The maximum atomic E-state index is 12.4. The third kappa shape index (κ3) is 2.22. The van der Waals surface area contributed by atoms with Crippen LogP contribution < -0.4 is 0 Å². The smallest absolute Gasteiger partial charge is 0.295 e. The number of amides is 1. The summed E-state index contributed by atoms with van der Waals surface area (Å²) in [6, 6.07) is 7.55. The zero-order valence-corrected chi connectivity index (χ0v) is 11.6. The number of hydrogen-bond acceptors (Lipinski definition) is 2. The van der Waals surface area contributed by atoms with Gasteiger partial charge >= 0.3 is 0 Å². The molecule has 0 spiro atoms. The van der Waals surface area contributed by atoms with E-state index in [-0.39, 0.29) is 5.91 Å². The quantitative estimate of drug-likeness (QED) is 0.673. The van der Waals surface area contributed by atoms with Crippen LogP contribution in [-0.2, 0) is 4.79 Å². The molecule has 4 heteroatoms. The molecule has 4 nitrogen and oxygen atoms in total. The maximum absolute atomic E-state index is 12.4. The predicted molar refractivity (Wildman–Crippen MR) is 77.6 cm³/mol. The molecule has 1 aliphatic heterocycles. The summed E-state index contributed by atoms with van der Waals surface area (Å²) in [5.74, 6) is -0.304. The van der Waals surface area contributed by atoms with E-state index in [9.17, 15) is 9.59 Å². The van der Waals surface area contributed by atoms with Gasteiger partial charge in [0.05, 0.1) is 5.56 Å². The van der Waals surface area contributed by atoms with E-state index in [2.05, 4.69) is 11.9 Å². The van der Waals surface area contributed by atoms with Crippen molar-refractivity contribution in [1.29, 1.82) is 0 Å². The van der Waals surface area contributed by atoms with Crippen molar-refractivity contribution in [1.82, 2.24) is 9.88 Å². The summed E-state index contributed by atoms with van der Waals surface area (Å²) < 4.78 is 0. The van der Waals surface area contributed by atoms with Gasteiger partial charge in [-0.1, -0.05) is 25.1 Å². The van der Waals surface area contributed by atoms with E-state index in [0.717, 1.165) is 23.7 Å². The molecule has 0 saturated carbocycles. The number of Topliss-reactive ketones (excluding diaryl/α,β-unsaturated/α-hetero) is 1. The number of aromatic nitrogens is 1. The van der Waals surface area contributed by atoms with Crippen molar-refractivity contribution in [2.24, 2.45) is 5.92 Å². The Morgan fingerprint density at radius 2 is 2.10 bits per heavy atom. The number of ketones is 1. The van der Waals surface area contributed by atoms with Gasteiger partial charge in [-0.25, -0.2) is 0 Å².